The molecule has 4 heteroatoms. The van der Waals surface area contributed by atoms with Crippen LogP contribution in [0.5, 0.6) is 0 Å². The van der Waals surface area contributed by atoms with Gasteiger partial charge in [0.2, 0.25) is 0 Å². The Morgan fingerprint density at radius 1 is 1.56 bits per heavy atom. The molecule has 3 fully saturated rings. The first-order chi connectivity index (χ1) is 7.72. The first kappa shape index (κ1) is 10.8. The topological polar surface area (TPSA) is 32.3 Å². The van der Waals surface area contributed by atoms with Gasteiger partial charge < -0.3 is 0 Å². The van der Waals surface area contributed by atoms with Crippen molar-refractivity contribution in [3.05, 3.63) is 0 Å². The van der Waals surface area contributed by atoms with Gasteiger partial charge in [-0.3, -0.25) is 0 Å². The molecule has 0 heterocycles. The van der Waals surface area contributed by atoms with E-state index in [1.807, 2.05) is 7.05 Å². The van der Waals surface area contributed by atoms with Gasteiger partial charge in [0.25, 0.3) is 0 Å². The Morgan fingerprint density at radius 2 is 2.38 bits per heavy atom. The Labute approximate surface area is 98.2 Å². The van der Waals surface area contributed by atoms with E-state index in [0.29, 0.717) is 5.41 Å². The van der Waals surface area contributed by atoms with Crippen molar-refractivity contribution in [1.29, 1.82) is 0 Å². The molecule has 0 saturated heterocycles. The van der Waals surface area contributed by atoms with Crippen LogP contribution in [0.25, 0.3) is 0 Å². The van der Waals surface area contributed by atoms with Crippen LogP contribution in [0.15, 0.2) is 0 Å². The molecule has 0 aromatic rings. The monoisotopic (exact) mass is 220 g/mol. The number of nitrogens with one attached hydrogen (secondary N) is 1. The zero-order chi connectivity index (χ0) is 11.4. The summed E-state index contributed by atoms with van der Waals surface area (Å²) in [6.45, 7) is 4.13. The normalized spacial score (nSPS) is 47.6. The van der Waals surface area contributed by atoms with Crippen LogP contribution < -0.4 is 5.32 Å². The Hall–Kier alpha value is -0.375. The van der Waals surface area contributed by atoms with E-state index in [9.17, 15) is 4.70 Å². The first-order valence-electron chi connectivity index (χ1n) is 6.59. The summed E-state index contributed by atoms with van der Waals surface area (Å²) in [6, 6.07) is 0. The molecule has 88 valence electrons. The van der Waals surface area contributed by atoms with Crippen molar-refractivity contribution in [2.75, 3.05) is 20.1 Å². The van der Waals surface area contributed by atoms with Gasteiger partial charge >= 0.3 is 97.7 Å². The van der Waals surface area contributed by atoms with E-state index < -0.39 is 0 Å². The summed E-state index contributed by atoms with van der Waals surface area (Å²) in [4.78, 5) is 2.09. The van der Waals surface area contributed by atoms with Gasteiger partial charge in [0, 0.05) is 0 Å². The third-order valence-corrected chi connectivity index (χ3v) is 5.55. The first-order valence-corrected chi connectivity index (χ1v) is 6.59. The molecule has 0 aliphatic heterocycles. The van der Waals surface area contributed by atoms with Crippen molar-refractivity contribution in [2.45, 2.75) is 38.1 Å². The molecule has 1 N–H and O–H groups in total. The number of hydrogen-bond donors (Lipinski definition) is 1. The Bertz CT molecular complexity index is 324. The Kier molecular flexibility index (Phi) is 2.23. The van der Waals surface area contributed by atoms with Gasteiger partial charge in [-0.15, -0.1) is 0 Å². The second-order valence-electron chi connectivity index (χ2n) is 6.05. The van der Waals surface area contributed by atoms with Gasteiger partial charge in [0.05, 0.1) is 0 Å². The van der Waals surface area contributed by atoms with E-state index in [1.54, 1.807) is 0 Å². The molecule has 16 heavy (non-hydrogen) atoms. The molecule has 3 nitrogen and oxygen atoms in total. The molecular weight excluding hydrogens is 199 g/mol. The fraction of sp³-hybridized carbons (Fsp3) is 1.00. The van der Waals surface area contributed by atoms with Crippen LogP contribution in [-0.4, -0.2) is 37.8 Å². The standard InChI is InChI=1S/C12H21BN2O/c1-3-15(13-16)12-5-4-9-6-11(7-12,8-14-2)10(9)12/h9-10,14H,3-8H2,1-2H3. The van der Waals surface area contributed by atoms with Crippen LogP contribution in [0, 0.1) is 17.3 Å². The molecule has 0 radical (unpaired) electrons. The van der Waals surface area contributed by atoms with Crippen molar-refractivity contribution in [3.8, 4) is 0 Å². The van der Waals surface area contributed by atoms with E-state index in [2.05, 4.69) is 17.1 Å². The number of hydrogen-bond acceptors (Lipinski definition) is 2. The predicted molar refractivity (Wildman–Crippen MR) is 63.4 cm³/mol. The Morgan fingerprint density at radius 3 is 3.00 bits per heavy atom. The summed E-state index contributed by atoms with van der Waals surface area (Å²) < 4.78 is 11.2. The van der Waals surface area contributed by atoms with Crippen molar-refractivity contribution in [2.24, 2.45) is 17.3 Å². The van der Waals surface area contributed by atoms with Crippen LogP contribution in [0.3, 0.4) is 0 Å². The van der Waals surface area contributed by atoms with Gasteiger partial charge in [-0.2, -0.15) is 0 Å². The molecular formula is C12H21BN2O. The summed E-state index contributed by atoms with van der Waals surface area (Å²) in [5.41, 5.74) is 0.808. The molecule has 4 unspecified atom stereocenters. The summed E-state index contributed by atoms with van der Waals surface area (Å²) in [6.07, 6.45) is 5.24. The molecule has 4 atom stereocenters. The van der Waals surface area contributed by atoms with Gasteiger partial charge in [-0.1, -0.05) is 0 Å². The summed E-state index contributed by atoms with van der Waals surface area (Å²) in [5.74, 6) is 1.72. The predicted octanol–water partition coefficient (Wildman–Crippen LogP) is 1.05. The molecule has 0 aromatic carbocycles. The van der Waals surface area contributed by atoms with Crippen molar-refractivity contribution in [3.63, 3.8) is 0 Å². The van der Waals surface area contributed by atoms with Gasteiger partial charge in [0.15, 0.2) is 0 Å². The van der Waals surface area contributed by atoms with E-state index in [0.717, 1.165) is 32.2 Å². The SMILES string of the molecule is CCN(B=O)C12CCC3CC(CNC)(C1)C32. The molecule has 3 aliphatic carbocycles. The minimum absolute atomic E-state index is 0.260. The fourth-order valence-electron chi connectivity index (χ4n) is 5.35. The molecule has 3 saturated carbocycles. The van der Waals surface area contributed by atoms with Crippen molar-refractivity contribution < 1.29 is 4.70 Å². The minimum atomic E-state index is 0.260. The van der Waals surface area contributed by atoms with Crippen LogP contribution in [0.4, 0.5) is 0 Å². The quantitative estimate of drug-likeness (QED) is 0.703. The van der Waals surface area contributed by atoms with E-state index in [-0.39, 0.29) is 5.54 Å². The molecule has 0 spiro atoms. The Balaban J connectivity index is 1.83. The second kappa shape index (κ2) is 3.31. The van der Waals surface area contributed by atoms with Crippen LogP contribution in [-0.2, 0) is 4.70 Å². The molecule has 0 aromatic heterocycles. The molecule has 3 rings (SSSR count). The van der Waals surface area contributed by atoms with E-state index in [4.69, 9.17) is 0 Å². The summed E-state index contributed by atoms with van der Waals surface area (Å²) in [7, 11) is 3.14. The van der Waals surface area contributed by atoms with E-state index >= 15 is 0 Å². The number of rotatable bonds is 5. The third kappa shape index (κ3) is 0.999. The maximum atomic E-state index is 11.2. The molecule has 3 aliphatic rings. The maximum absolute atomic E-state index is 11.2. The van der Waals surface area contributed by atoms with Crippen LogP contribution >= 0.6 is 0 Å². The van der Waals surface area contributed by atoms with E-state index in [1.165, 1.54) is 25.7 Å². The zero-order valence-electron chi connectivity index (χ0n) is 10.3. The van der Waals surface area contributed by atoms with Crippen LogP contribution in [0.2, 0.25) is 0 Å². The average molecular weight is 220 g/mol. The van der Waals surface area contributed by atoms with Crippen molar-refractivity contribution >= 4 is 7.28 Å². The van der Waals surface area contributed by atoms with Crippen LogP contribution in [0.1, 0.15) is 32.6 Å². The average Bonchev–Trinajstić information content (AvgIpc) is 2.39. The van der Waals surface area contributed by atoms with Gasteiger partial charge in [-0.05, 0) is 0 Å². The summed E-state index contributed by atoms with van der Waals surface area (Å²) in [5, 5.41) is 3.35. The second-order valence-corrected chi connectivity index (χ2v) is 6.05. The number of nitrogens with zero attached hydrogens (tertiary/aromatic N) is 1. The zero-order valence-corrected chi connectivity index (χ0v) is 10.3. The molecule has 0 amide bonds. The fourth-order valence-corrected chi connectivity index (χ4v) is 5.35. The summed E-state index contributed by atoms with van der Waals surface area (Å²) >= 11 is 0. The molecule has 0 bridgehead atoms. The van der Waals surface area contributed by atoms with Gasteiger partial charge in [0.1, 0.15) is 0 Å². The van der Waals surface area contributed by atoms with Crippen molar-refractivity contribution in [1.82, 2.24) is 10.1 Å². The van der Waals surface area contributed by atoms with Gasteiger partial charge in [-0.25, -0.2) is 0 Å². The third-order valence-electron chi connectivity index (χ3n) is 5.55.